The number of hydrogen-bond acceptors (Lipinski definition) is 0. The van der Waals surface area contributed by atoms with Gasteiger partial charge in [0.15, 0.2) is 0 Å². The molecule has 0 unspecified atom stereocenters. The molecule has 3 aromatic rings. The fourth-order valence-electron chi connectivity index (χ4n) is 2.13. The minimum absolute atomic E-state index is 0.197. The molecular weight excluding hydrogens is 418 g/mol. The Kier molecular flexibility index (Phi) is 3.58. The maximum absolute atomic E-state index is 13.2. The number of fused-ring (bicyclic) bond motifs is 1. The van der Waals surface area contributed by atoms with Crippen LogP contribution in [0.2, 0.25) is 0 Å². The summed E-state index contributed by atoms with van der Waals surface area (Å²) in [6.45, 7) is 0. The average Bonchev–Trinajstić information content (AvgIpc) is 2.39. The Labute approximate surface area is 132 Å². The molecule has 3 aromatic carbocycles. The summed E-state index contributed by atoms with van der Waals surface area (Å²) in [5.74, 6) is -0.197. The molecular formula is C16H9BrFI. The summed E-state index contributed by atoms with van der Waals surface area (Å²) < 4.78 is 15.4. The van der Waals surface area contributed by atoms with Crippen LogP contribution in [0.1, 0.15) is 0 Å². The van der Waals surface area contributed by atoms with Crippen LogP contribution in [0.4, 0.5) is 4.39 Å². The SMILES string of the molecule is Fc1ccc2cc(-c3ccccc3Br)c(I)cc2c1. The number of hydrogen-bond donors (Lipinski definition) is 0. The van der Waals surface area contributed by atoms with E-state index < -0.39 is 0 Å². The van der Waals surface area contributed by atoms with Gasteiger partial charge in [-0.1, -0.05) is 40.2 Å². The highest BCUT2D eigenvalue weighted by Crippen LogP contribution is 2.34. The zero-order valence-corrected chi connectivity index (χ0v) is 13.6. The molecule has 0 bridgehead atoms. The van der Waals surface area contributed by atoms with E-state index in [2.05, 4.69) is 50.7 Å². The van der Waals surface area contributed by atoms with Crippen LogP contribution >= 0.6 is 38.5 Å². The maximum atomic E-state index is 13.2. The first-order valence-corrected chi connectivity index (χ1v) is 7.66. The predicted octanol–water partition coefficient (Wildman–Crippen LogP) is 6.01. The van der Waals surface area contributed by atoms with E-state index in [1.165, 1.54) is 6.07 Å². The summed E-state index contributed by atoms with van der Waals surface area (Å²) in [6.07, 6.45) is 0. The molecule has 0 amide bonds. The van der Waals surface area contributed by atoms with E-state index in [9.17, 15) is 4.39 Å². The van der Waals surface area contributed by atoms with Gasteiger partial charge in [0, 0.05) is 8.04 Å². The Bertz CT molecular complexity index is 768. The third-order valence-corrected chi connectivity index (χ3v) is 4.64. The Morgan fingerprint density at radius 1 is 0.842 bits per heavy atom. The van der Waals surface area contributed by atoms with Gasteiger partial charge in [0.1, 0.15) is 5.82 Å². The van der Waals surface area contributed by atoms with E-state index in [4.69, 9.17) is 0 Å². The van der Waals surface area contributed by atoms with Crippen molar-refractivity contribution in [2.45, 2.75) is 0 Å². The van der Waals surface area contributed by atoms with Crippen LogP contribution in [0.25, 0.3) is 21.9 Å². The predicted molar refractivity (Wildman–Crippen MR) is 89.8 cm³/mol. The Balaban J connectivity index is 2.28. The fraction of sp³-hybridized carbons (Fsp3) is 0. The van der Waals surface area contributed by atoms with Crippen LogP contribution in [-0.4, -0.2) is 0 Å². The van der Waals surface area contributed by atoms with E-state index in [-0.39, 0.29) is 5.82 Å². The molecule has 19 heavy (non-hydrogen) atoms. The first-order chi connectivity index (χ1) is 9.15. The van der Waals surface area contributed by atoms with Gasteiger partial charge in [-0.2, -0.15) is 0 Å². The fourth-order valence-corrected chi connectivity index (χ4v) is 3.41. The Hall–Kier alpha value is -0.940. The molecule has 3 rings (SSSR count). The molecule has 0 atom stereocenters. The van der Waals surface area contributed by atoms with Crippen molar-refractivity contribution < 1.29 is 4.39 Å². The van der Waals surface area contributed by atoms with E-state index in [0.29, 0.717) is 0 Å². The molecule has 0 saturated carbocycles. The lowest BCUT2D eigenvalue weighted by Gasteiger charge is -2.09. The van der Waals surface area contributed by atoms with E-state index in [1.807, 2.05) is 30.3 Å². The van der Waals surface area contributed by atoms with Crippen molar-refractivity contribution in [1.82, 2.24) is 0 Å². The molecule has 0 N–H and O–H groups in total. The molecule has 0 aliphatic carbocycles. The number of rotatable bonds is 1. The van der Waals surface area contributed by atoms with Crippen molar-refractivity contribution >= 4 is 49.3 Å². The van der Waals surface area contributed by atoms with Crippen LogP contribution < -0.4 is 0 Å². The van der Waals surface area contributed by atoms with Crippen LogP contribution in [0.3, 0.4) is 0 Å². The van der Waals surface area contributed by atoms with Crippen LogP contribution in [0.5, 0.6) is 0 Å². The molecule has 0 fully saturated rings. The van der Waals surface area contributed by atoms with Crippen LogP contribution in [0, 0.1) is 9.39 Å². The van der Waals surface area contributed by atoms with Crippen LogP contribution in [0.15, 0.2) is 59.1 Å². The van der Waals surface area contributed by atoms with Crippen molar-refractivity contribution in [3.63, 3.8) is 0 Å². The highest BCUT2D eigenvalue weighted by atomic mass is 127. The lowest BCUT2D eigenvalue weighted by Crippen LogP contribution is -1.86. The molecule has 0 aromatic heterocycles. The second kappa shape index (κ2) is 5.21. The molecule has 0 heterocycles. The van der Waals surface area contributed by atoms with Crippen molar-refractivity contribution in [2.75, 3.05) is 0 Å². The first kappa shape index (κ1) is 13.1. The number of benzene rings is 3. The Morgan fingerprint density at radius 2 is 1.63 bits per heavy atom. The summed E-state index contributed by atoms with van der Waals surface area (Å²) in [7, 11) is 0. The van der Waals surface area contributed by atoms with Gasteiger partial charge < -0.3 is 0 Å². The van der Waals surface area contributed by atoms with Crippen molar-refractivity contribution in [1.29, 1.82) is 0 Å². The number of halogens is 3. The molecule has 0 aliphatic heterocycles. The molecule has 0 radical (unpaired) electrons. The van der Waals surface area contributed by atoms with Gasteiger partial charge >= 0.3 is 0 Å². The van der Waals surface area contributed by atoms with Gasteiger partial charge in [-0.25, -0.2) is 4.39 Å². The summed E-state index contributed by atoms with van der Waals surface area (Å²) in [4.78, 5) is 0. The van der Waals surface area contributed by atoms with Crippen molar-refractivity contribution in [3.8, 4) is 11.1 Å². The lowest BCUT2D eigenvalue weighted by atomic mass is 10.0. The summed E-state index contributed by atoms with van der Waals surface area (Å²) in [5, 5.41) is 1.98. The zero-order chi connectivity index (χ0) is 13.4. The smallest absolute Gasteiger partial charge is 0.123 e. The summed E-state index contributed by atoms with van der Waals surface area (Å²) >= 11 is 5.88. The molecule has 0 spiro atoms. The molecule has 0 saturated heterocycles. The van der Waals surface area contributed by atoms with Gasteiger partial charge in [0.25, 0.3) is 0 Å². The van der Waals surface area contributed by atoms with Crippen LogP contribution in [-0.2, 0) is 0 Å². The minimum Gasteiger partial charge on any atom is -0.207 e. The molecule has 3 heteroatoms. The largest absolute Gasteiger partial charge is 0.207 e. The molecule has 0 nitrogen and oxygen atoms in total. The van der Waals surface area contributed by atoms with Crippen molar-refractivity contribution in [2.24, 2.45) is 0 Å². The van der Waals surface area contributed by atoms with Gasteiger partial charge in [-0.15, -0.1) is 0 Å². The van der Waals surface area contributed by atoms with E-state index in [1.54, 1.807) is 6.07 Å². The normalized spacial score (nSPS) is 10.9. The quantitative estimate of drug-likeness (QED) is 0.418. The lowest BCUT2D eigenvalue weighted by molar-refractivity contribution is 0.630. The minimum atomic E-state index is -0.197. The average molecular weight is 427 g/mol. The maximum Gasteiger partial charge on any atom is 0.123 e. The highest BCUT2D eigenvalue weighted by Gasteiger charge is 2.08. The summed E-state index contributed by atoms with van der Waals surface area (Å²) in [5.41, 5.74) is 2.31. The third kappa shape index (κ3) is 2.54. The molecule has 94 valence electrons. The summed E-state index contributed by atoms with van der Waals surface area (Å²) in [6, 6.07) is 17.1. The zero-order valence-electron chi connectivity index (χ0n) is 9.83. The Morgan fingerprint density at radius 3 is 2.42 bits per heavy atom. The van der Waals surface area contributed by atoms with Gasteiger partial charge in [-0.05, 0) is 74.8 Å². The topological polar surface area (TPSA) is 0 Å². The molecule has 0 aliphatic rings. The highest BCUT2D eigenvalue weighted by molar-refractivity contribution is 14.1. The van der Waals surface area contributed by atoms with Gasteiger partial charge in [-0.3, -0.25) is 0 Å². The van der Waals surface area contributed by atoms with Crippen molar-refractivity contribution in [3.05, 3.63) is 68.5 Å². The second-order valence-electron chi connectivity index (χ2n) is 4.30. The van der Waals surface area contributed by atoms with Gasteiger partial charge in [0.2, 0.25) is 0 Å². The monoisotopic (exact) mass is 426 g/mol. The van der Waals surface area contributed by atoms with Gasteiger partial charge in [0.05, 0.1) is 0 Å². The van der Waals surface area contributed by atoms with E-state index in [0.717, 1.165) is 29.9 Å². The van der Waals surface area contributed by atoms with E-state index >= 15 is 0 Å². The second-order valence-corrected chi connectivity index (χ2v) is 6.32. The third-order valence-electron chi connectivity index (χ3n) is 3.05. The first-order valence-electron chi connectivity index (χ1n) is 5.79. The standard InChI is InChI=1S/C16H9BrFI/c17-15-4-2-1-3-13(15)14-8-10-5-6-12(18)7-11(10)9-16(14)19/h1-9H.